The molecule has 2 N–H and O–H groups in total. The molecule has 28 heavy (non-hydrogen) atoms. The van der Waals surface area contributed by atoms with Crippen LogP contribution in [-0.4, -0.2) is 25.5 Å². The molecule has 3 rings (SSSR count). The number of methoxy groups -OCH3 is 1. The summed E-state index contributed by atoms with van der Waals surface area (Å²) in [5.41, 5.74) is 5.27. The van der Waals surface area contributed by atoms with Gasteiger partial charge in [-0.25, -0.2) is 0 Å². The minimum absolute atomic E-state index is 0.0361. The molecule has 2 amide bonds. The van der Waals surface area contributed by atoms with Gasteiger partial charge in [-0.2, -0.15) is 0 Å². The highest BCUT2D eigenvalue weighted by Gasteiger charge is 2.48. The monoisotopic (exact) mass is 380 g/mol. The molecule has 5 heteroatoms. The second-order valence-corrected chi connectivity index (χ2v) is 7.60. The number of carbonyl (C=O) groups excluding carboxylic acids is 2. The van der Waals surface area contributed by atoms with Crippen LogP contribution in [0.5, 0.6) is 5.75 Å². The van der Waals surface area contributed by atoms with Crippen LogP contribution in [0, 0.1) is 32.6 Å². The molecule has 1 fully saturated rings. The van der Waals surface area contributed by atoms with Crippen molar-refractivity contribution in [2.45, 2.75) is 33.6 Å². The Morgan fingerprint density at radius 2 is 1.61 bits per heavy atom. The maximum atomic E-state index is 12.5. The molecule has 0 radical (unpaired) electrons. The van der Waals surface area contributed by atoms with Crippen LogP contribution in [0.1, 0.15) is 28.7 Å². The largest absolute Gasteiger partial charge is 0.497 e. The summed E-state index contributed by atoms with van der Waals surface area (Å²) in [4.78, 5) is 24.9. The summed E-state index contributed by atoms with van der Waals surface area (Å²) in [5, 5.41) is 5.96. The molecule has 2 unspecified atom stereocenters. The second-order valence-electron chi connectivity index (χ2n) is 7.60. The molecule has 1 saturated carbocycles. The molecular weight excluding hydrogens is 352 g/mol. The van der Waals surface area contributed by atoms with Crippen molar-refractivity contribution in [1.29, 1.82) is 0 Å². The summed E-state index contributed by atoms with van der Waals surface area (Å²) in [6.07, 6.45) is 1.37. The molecular formula is C23H28N2O3. The number of aryl methyl sites for hydroxylation is 3. The Morgan fingerprint density at radius 3 is 2.21 bits per heavy atom. The van der Waals surface area contributed by atoms with Gasteiger partial charge in [0.05, 0.1) is 18.9 Å². The van der Waals surface area contributed by atoms with Crippen LogP contribution in [0.4, 0.5) is 5.69 Å². The van der Waals surface area contributed by atoms with Crippen LogP contribution in [-0.2, 0) is 16.0 Å². The van der Waals surface area contributed by atoms with Gasteiger partial charge < -0.3 is 15.4 Å². The molecule has 0 bridgehead atoms. The van der Waals surface area contributed by atoms with Crippen LogP contribution in [0.3, 0.4) is 0 Å². The molecule has 0 aromatic heterocycles. The fourth-order valence-corrected chi connectivity index (χ4v) is 3.62. The lowest BCUT2D eigenvalue weighted by atomic mass is 10.0. The Bertz CT molecular complexity index is 851. The van der Waals surface area contributed by atoms with Gasteiger partial charge in [-0.15, -0.1) is 0 Å². The van der Waals surface area contributed by atoms with E-state index in [-0.39, 0.29) is 23.7 Å². The van der Waals surface area contributed by atoms with E-state index in [2.05, 4.69) is 22.8 Å². The first kappa shape index (κ1) is 19.9. The van der Waals surface area contributed by atoms with Gasteiger partial charge in [-0.05, 0) is 62.4 Å². The van der Waals surface area contributed by atoms with Crippen molar-refractivity contribution in [3.05, 3.63) is 58.7 Å². The van der Waals surface area contributed by atoms with Crippen molar-refractivity contribution >= 4 is 17.5 Å². The third-order valence-corrected chi connectivity index (χ3v) is 5.26. The van der Waals surface area contributed by atoms with Crippen molar-refractivity contribution < 1.29 is 14.3 Å². The summed E-state index contributed by atoms with van der Waals surface area (Å²) >= 11 is 0. The molecule has 1 aliphatic carbocycles. The SMILES string of the molecule is COc1ccc(CCNC(=O)C2CC2C(=O)Nc2c(C)cc(C)cc2C)cc1. The van der Waals surface area contributed by atoms with Crippen LogP contribution in [0.2, 0.25) is 0 Å². The van der Waals surface area contributed by atoms with Gasteiger partial charge in [0.15, 0.2) is 0 Å². The molecule has 1 aliphatic rings. The summed E-state index contributed by atoms with van der Waals surface area (Å²) in [6.45, 7) is 6.59. The number of hydrogen-bond donors (Lipinski definition) is 2. The Morgan fingerprint density at radius 1 is 1.00 bits per heavy atom. The summed E-state index contributed by atoms with van der Waals surface area (Å²) in [7, 11) is 1.64. The maximum absolute atomic E-state index is 12.5. The number of ether oxygens (including phenoxy) is 1. The molecule has 0 heterocycles. The fourth-order valence-electron chi connectivity index (χ4n) is 3.62. The number of benzene rings is 2. The number of nitrogens with one attached hydrogen (secondary N) is 2. The third kappa shape index (κ3) is 4.71. The normalized spacial score (nSPS) is 17.7. The topological polar surface area (TPSA) is 67.4 Å². The number of carbonyl (C=O) groups is 2. The van der Waals surface area contributed by atoms with Crippen molar-refractivity contribution in [1.82, 2.24) is 5.32 Å². The highest BCUT2D eigenvalue weighted by molar-refractivity contribution is 6.00. The van der Waals surface area contributed by atoms with Gasteiger partial charge in [0, 0.05) is 12.2 Å². The zero-order chi connectivity index (χ0) is 20.3. The minimum Gasteiger partial charge on any atom is -0.497 e. The predicted octanol–water partition coefficient (Wildman–Crippen LogP) is 3.55. The highest BCUT2D eigenvalue weighted by Crippen LogP contribution is 2.40. The maximum Gasteiger partial charge on any atom is 0.228 e. The Labute approximate surface area is 166 Å². The fraction of sp³-hybridized carbons (Fsp3) is 0.391. The van der Waals surface area contributed by atoms with Crippen LogP contribution >= 0.6 is 0 Å². The molecule has 5 nitrogen and oxygen atoms in total. The van der Waals surface area contributed by atoms with E-state index in [4.69, 9.17) is 4.74 Å². The number of hydrogen-bond acceptors (Lipinski definition) is 3. The third-order valence-electron chi connectivity index (χ3n) is 5.26. The zero-order valence-corrected chi connectivity index (χ0v) is 17.0. The summed E-state index contributed by atoms with van der Waals surface area (Å²) < 4.78 is 5.14. The van der Waals surface area contributed by atoms with E-state index in [0.29, 0.717) is 13.0 Å². The lowest BCUT2D eigenvalue weighted by molar-refractivity contribution is -0.125. The van der Waals surface area contributed by atoms with Crippen molar-refractivity contribution in [3.63, 3.8) is 0 Å². The van der Waals surface area contributed by atoms with Crippen LogP contribution in [0.25, 0.3) is 0 Å². The Balaban J connectivity index is 1.46. The molecule has 148 valence electrons. The van der Waals surface area contributed by atoms with Gasteiger partial charge in [-0.3, -0.25) is 9.59 Å². The van der Waals surface area contributed by atoms with Gasteiger partial charge >= 0.3 is 0 Å². The summed E-state index contributed by atoms with van der Waals surface area (Å²) in [6, 6.07) is 11.9. The molecule has 2 aromatic carbocycles. The average Bonchev–Trinajstić information content (AvgIpc) is 3.46. The van der Waals surface area contributed by atoms with E-state index in [1.54, 1.807) is 7.11 Å². The zero-order valence-electron chi connectivity index (χ0n) is 17.0. The Kier molecular flexibility index (Phi) is 6.02. The lowest BCUT2D eigenvalue weighted by Crippen LogP contribution is -2.29. The quantitative estimate of drug-likeness (QED) is 0.772. The first-order valence-corrected chi connectivity index (χ1v) is 9.68. The van der Waals surface area contributed by atoms with Crippen LogP contribution < -0.4 is 15.4 Å². The standard InChI is InChI=1S/C23H28N2O3/c1-14-11-15(2)21(16(3)12-14)25-23(27)20-13-19(20)22(26)24-10-9-17-5-7-18(28-4)8-6-17/h5-8,11-12,19-20H,9-10,13H2,1-4H3,(H,24,26)(H,25,27). The molecule has 2 aromatic rings. The number of anilines is 1. The molecule has 0 saturated heterocycles. The molecule has 2 atom stereocenters. The van der Waals surface area contributed by atoms with Gasteiger partial charge in [0.2, 0.25) is 11.8 Å². The number of amides is 2. The van der Waals surface area contributed by atoms with E-state index in [9.17, 15) is 9.59 Å². The smallest absolute Gasteiger partial charge is 0.228 e. The van der Waals surface area contributed by atoms with Gasteiger partial charge in [-0.1, -0.05) is 29.8 Å². The first-order chi connectivity index (χ1) is 13.4. The first-order valence-electron chi connectivity index (χ1n) is 9.68. The van der Waals surface area contributed by atoms with Gasteiger partial charge in [0.1, 0.15) is 5.75 Å². The van der Waals surface area contributed by atoms with E-state index < -0.39 is 0 Å². The highest BCUT2D eigenvalue weighted by atomic mass is 16.5. The number of rotatable bonds is 7. The van der Waals surface area contributed by atoms with Gasteiger partial charge in [0.25, 0.3) is 0 Å². The Hall–Kier alpha value is -2.82. The minimum atomic E-state index is -0.235. The van der Waals surface area contributed by atoms with E-state index in [1.165, 1.54) is 5.56 Å². The second kappa shape index (κ2) is 8.46. The predicted molar refractivity (Wildman–Crippen MR) is 111 cm³/mol. The molecule has 0 spiro atoms. The van der Waals surface area contributed by atoms with E-state index in [1.807, 2.05) is 45.0 Å². The summed E-state index contributed by atoms with van der Waals surface area (Å²) in [5.74, 6) is 0.262. The van der Waals surface area contributed by atoms with E-state index in [0.717, 1.165) is 34.5 Å². The average molecular weight is 380 g/mol. The van der Waals surface area contributed by atoms with Crippen molar-refractivity contribution in [2.24, 2.45) is 11.8 Å². The van der Waals surface area contributed by atoms with Crippen molar-refractivity contribution in [3.8, 4) is 5.75 Å². The van der Waals surface area contributed by atoms with E-state index >= 15 is 0 Å². The lowest BCUT2D eigenvalue weighted by Gasteiger charge is -2.13. The van der Waals surface area contributed by atoms with Crippen LogP contribution in [0.15, 0.2) is 36.4 Å². The van der Waals surface area contributed by atoms with Crippen molar-refractivity contribution in [2.75, 3.05) is 19.0 Å². The molecule has 0 aliphatic heterocycles.